The van der Waals surface area contributed by atoms with Crippen molar-refractivity contribution in [2.24, 2.45) is 5.92 Å². The molecule has 2 rings (SSSR count). The van der Waals surface area contributed by atoms with Gasteiger partial charge in [0.25, 0.3) is 0 Å². The molecule has 0 fully saturated rings. The number of ketones is 1. The highest BCUT2D eigenvalue weighted by molar-refractivity contribution is 6.02. The minimum Gasteiger partial charge on any atom is -0.492 e. The molecule has 0 N–H and O–H groups in total. The van der Waals surface area contributed by atoms with Crippen molar-refractivity contribution in [2.75, 3.05) is 13.2 Å². The summed E-state index contributed by atoms with van der Waals surface area (Å²) in [5, 5.41) is 0. The maximum atomic E-state index is 12.4. The van der Waals surface area contributed by atoms with Crippen LogP contribution in [0.1, 0.15) is 23.7 Å². The van der Waals surface area contributed by atoms with Crippen LogP contribution in [0.2, 0.25) is 0 Å². The predicted molar refractivity (Wildman–Crippen MR) is 73.7 cm³/mol. The number of rotatable bonds is 4. The highest BCUT2D eigenvalue weighted by Crippen LogP contribution is 2.29. The van der Waals surface area contributed by atoms with Crippen LogP contribution >= 0.6 is 0 Å². The molecule has 0 saturated carbocycles. The van der Waals surface area contributed by atoms with E-state index in [9.17, 15) is 9.59 Å². The average Bonchev–Trinajstić information content (AvgIpc) is 2.47. The lowest BCUT2D eigenvalue weighted by molar-refractivity contribution is -0.138. The first-order chi connectivity index (χ1) is 9.67. The zero-order valence-corrected chi connectivity index (χ0v) is 11.3. The van der Waals surface area contributed by atoms with Crippen molar-refractivity contribution in [3.63, 3.8) is 0 Å². The van der Waals surface area contributed by atoms with Crippen molar-refractivity contribution in [1.29, 1.82) is 0 Å². The Morgan fingerprint density at radius 2 is 2.25 bits per heavy atom. The Bertz CT molecular complexity index is 582. The molecule has 1 aliphatic rings. The number of Topliss-reactive ketones (excluding diaryl/α,β-unsaturated/α-hetero) is 1. The van der Waals surface area contributed by atoms with Crippen LogP contribution in [0.3, 0.4) is 0 Å². The van der Waals surface area contributed by atoms with Crippen LogP contribution in [0.15, 0.2) is 42.1 Å². The molecule has 1 aliphatic heterocycles. The summed E-state index contributed by atoms with van der Waals surface area (Å²) in [5.74, 6) is -0.314. The van der Waals surface area contributed by atoms with Gasteiger partial charge >= 0.3 is 5.97 Å². The molecule has 1 heterocycles. The summed E-state index contributed by atoms with van der Waals surface area (Å²) in [7, 11) is 0. The average molecular weight is 272 g/mol. The van der Waals surface area contributed by atoms with Gasteiger partial charge in [-0.1, -0.05) is 18.7 Å². The van der Waals surface area contributed by atoms with Gasteiger partial charge in [-0.05, 0) is 19.1 Å². The van der Waals surface area contributed by atoms with Gasteiger partial charge in [0.1, 0.15) is 5.75 Å². The smallest absolute Gasteiger partial charge is 0.341 e. The quantitative estimate of drug-likeness (QED) is 0.480. The highest BCUT2D eigenvalue weighted by Gasteiger charge is 2.30. The molecule has 0 bridgehead atoms. The minimum atomic E-state index is -0.478. The van der Waals surface area contributed by atoms with E-state index >= 15 is 0 Å². The largest absolute Gasteiger partial charge is 0.492 e. The number of para-hydroxylation sites is 1. The SMILES string of the molecule is C=C=C(CC1COc2ccccc2C1=O)C(=O)OCC. The molecular formula is C16H16O4. The standard InChI is InChI=1S/C16H16O4/c1-3-11(16(18)19-4-2)9-12-10-20-14-8-6-5-7-13(14)15(12)17/h5-8,12H,1,4,9-10H2,2H3. The van der Waals surface area contributed by atoms with E-state index in [1.54, 1.807) is 25.1 Å². The van der Waals surface area contributed by atoms with Gasteiger partial charge in [-0.15, -0.1) is 5.73 Å². The van der Waals surface area contributed by atoms with Crippen molar-refractivity contribution in [3.8, 4) is 5.75 Å². The zero-order chi connectivity index (χ0) is 14.5. The van der Waals surface area contributed by atoms with Gasteiger partial charge < -0.3 is 9.47 Å². The molecule has 0 spiro atoms. The van der Waals surface area contributed by atoms with Gasteiger partial charge in [-0.25, -0.2) is 4.79 Å². The maximum absolute atomic E-state index is 12.4. The lowest BCUT2D eigenvalue weighted by Crippen LogP contribution is -2.29. The number of hydrogen-bond donors (Lipinski definition) is 0. The maximum Gasteiger partial charge on any atom is 0.341 e. The van der Waals surface area contributed by atoms with Gasteiger partial charge in [0.05, 0.1) is 30.3 Å². The van der Waals surface area contributed by atoms with E-state index in [1.807, 2.05) is 6.07 Å². The number of carbonyl (C=O) groups is 2. The monoisotopic (exact) mass is 272 g/mol. The Morgan fingerprint density at radius 1 is 1.50 bits per heavy atom. The van der Waals surface area contributed by atoms with E-state index in [0.29, 0.717) is 11.3 Å². The second-order valence-electron chi connectivity index (χ2n) is 4.45. The molecule has 0 aromatic heterocycles. The molecule has 4 heteroatoms. The minimum absolute atomic E-state index is 0.0242. The Morgan fingerprint density at radius 3 is 2.95 bits per heavy atom. The van der Waals surface area contributed by atoms with E-state index in [4.69, 9.17) is 9.47 Å². The van der Waals surface area contributed by atoms with Crippen molar-refractivity contribution in [2.45, 2.75) is 13.3 Å². The molecular weight excluding hydrogens is 256 g/mol. The molecule has 0 aliphatic carbocycles. The zero-order valence-electron chi connectivity index (χ0n) is 11.3. The number of hydrogen-bond acceptors (Lipinski definition) is 4. The molecule has 1 atom stereocenters. The second-order valence-corrected chi connectivity index (χ2v) is 4.45. The normalized spacial score (nSPS) is 16.6. The van der Waals surface area contributed by atoms with E-state index in [0.717, 1.165) is 0 Å². The fourth-order valence-corrected chi connectivity index (χ4v) is 2.13. The summed E-state index contributed by atoms with van der Waals surface area (Å²) in [6.45, 7) is 5.74. The van der Waals surface area contributed by atoms with Crippen molar-refractivity contribution in [1.82, 2.24) is 0 Å². The van der Waals surface area contributed by atoms with Gasteiger partial charge in [-0.3, -0.25) is 4.79 Å². The summed E-state index contributed by atoms with van der Waals surface area (Å²) in [6, 6.07) is 7.10. The Hall–Kier alpha value is -2.32. The van der Waals surface area contributed by atoms with Gasteiger partial charge in [0.2, 0.25) is 0 Å². The molecule has 0 amide bonds. The van der Waals surface area contributed by atoms with Gasteiger partial charge in [0.15, 0.2) is 5.78 Å². The van der Waals surface area contributed by atoms with Crippen LogP contribution in [0, 0.1) is 5.92 Å². The first-order valence-electron chi connectivity index (χ1n) is 6.49. The summed E-state index contributed by atoms with van der Waals surface area (Å²) in [4.78, 5) is 24.0. The Kier molecular flexibility index (Phi) is 4.38. The molecule has 0 saturated heterocycles. The first-order valence-corrected chi connectivity index (χ1v) is 6.49. The Balaban J connectivity index is 2.14. The third kappa shape index (κ3) is 2.81. The molecule has 4 nitrogen and oxygen atoms in total. The molecule has 1 aromatic carbocycles. The van der Waals surface area contributed by atoms with E-state index < -0.39 is 11.9 Å². The summed E-state index contributed by atoms with van der Waals surface area (Å²) in [6.07, 6.45) is 0.232. The fourth-order valence-electron chi connectivity index (χ4n) is 2.13. The topological polar surface area (TPSA) is 52.6 Å². The van der Waals surface area contributed by atoms with Crippen LogP contribution in [0.4, 0.5) is 0 Å². The van der Waals surface area contributed by atoms with E-state index in [2.05, 4.69) is 12.3 Å². The number of ether oxygens (including phenoxy) is 2. The molecule has 20 heavy (non-hydrogen) atoms. The van der Waals surface area contributed by atoms with Crippen LogP contribution in [-0.4, -0.2) is 25.0 Å². The Labute approximate surface area is 117 Å². The summed E-state index contributed by atoms with van der Waals surface area (Å²) < 4.78 is 10.5. The predicted octanol–water partition coefficient (Wildman–Crippen LogP) is 2.54. The van der Waals surface area contributed by atoms with Crippen molar-refractivity contribution >= 4 is 11.8 Å². The third-order valence-corrected chi connectivity index (χ3v) is 3.15. The van der Waals surface area contributed by atoms with Crippen LogP contribution in [-0.2, 0) is 9.53 Å². The summed E-state index contributed by atoms with van der Waals surface area (Å²) >= 11 is 0. The first kappa shape index (κ1) is 14.1. The number of benzene rings is 1. The van der Waals surface area contributed by atoms with Gasteiger partial charge in [-0.2, -0.15) is 0 Å². The van der Waals surface area contributed by atoms with Crippen LogP contribution in [0.5, 0.6) is 5.75 Å². The third-order valence-electron chi connectivity index (χ3n) is 3.15. The van der Waals surface area contributed by atoms with Crippen molar-refractivity contribution < 1.29 is 19.1 Å². The summed E-state index contributed by atoms with van der Waals surface area (Å²) in [5.41, 5.74) is 3.40. The van der Waals surface area contributed by atoms with Crippen LogP contribution in [0.25, 0.3) is 0 Å². The number of fused-ring (bicyclic) bond motifs is 1. The molecule has 0 radical (unpaired) electrons. The van der Waals surface area contributed by atoms with Gasteiger partial charge in [0, 0.05) is 6.42 Å². The lowest BCUT2D eigenvalue weighted by atomic mass is 9.90. The number of esters is 1. The second kappa shape index (κ2) is 6.22. The molecule has 104 valence electrons. The molecule has 1 aromatic rings. The van der Waals surface area contributed by atoms with Crippen LogP contribution < -0.4 is 4.74 Å². The van der Waals surface area contributed by atoms with E-state index in [-0.39, 0.29) is 31.0 Å². The fraction of sp³-hybridized carbons (Fsp3) is 0.312. The number of carbonyl (C=O) groups excluding carboxylic acids is 2. The van der Waals surface area contributed by atoms with Crippen molar-refractivity contribution in [3.05, 3.63) is 47.7 Å². The molecule has 1 unspecified atom stereocenters. The lowest BCUT2D eigenvalue weighted by Gasteiger charge is -2.24. The van der Waals surface area contributed by atoms with E-state index in [1.165, 1.54) is 0 Å². The highest BCUT2D eigenvalue weighted by atomic mass is 16.5.